The van der Waals surface area contributed by atoms with Crippen molar-refractivity contribution in [3.63, 3.8) is 0 Å². The largest absolute Gasteiger partial charge is 0.351 e. The second kappa shape index (κ2) is 7.47. The summed E-state index contributed by atoms with van der Waals surface area (Å²) in [6, 6.07) is 10.3. The van der Waals surface area contributed by atoms with E-state index >= 15 is 0 Å². The van der Waals surface area contributed by atoms with E-state index in [9.17, 15) is 9.59 Å². The number of hydrogen-bond donors (Lipinski definition) is 1. The molecule has 4 rings (SSSR count). The van der Waals surface area contributed by atoms with Crippen molar-refractivity contribution in [2.75, 3.05) is 6.54 Å². The van der Waals surface area contributed by atoms with E-state index < -0.39 is 0 Å². The first-order valence-corrected chi connectivity index (χ1v) is 9.55. The fraction of sp³-hybridized carbons (Fsp3) is 0.429. The summed E-state index contributed by atoms with van der Waals surface area (Å²) in [5.74, 6) is 0.0753. The van der Waals surface area contributed by atoms with Crippen molar-refractivity contribution < 1.29 is 9.59 Å². The molecular weight excluding hydrogens is 340 g/mol. The van der Waals surface area contributed by atoms with Gasteiger partial charge in [-0.3, -0.25) is 9.59 Å². The molecule has 0 bridgehead atoms. The van der Waals surface area contributed by atoms with Crippen molar-refractivity contribution in [3.8, 4) is 0 Å². The maximum Gasteiger partial charge on any atom is 0.254 e. The predicted octanol–water partition coefficient (Wildman–Crippen LogP) is 2.57. The summed E-state index contributed by atoms with van der Waals surface area (Å²) in [4.78, 5) is 35.0. The van der Waals surface area contributed by atoms with Crippen molar-refractivity contribution in [3.05, 3.63) is 60.2 Å². The molecule has 2 fully saturated rings. The van der Waals surface area contributed by atoms with Crippen LogP contribution in [0, 0.1) is 5.41 Å². The number of benzene rings is 1. The minimum absolute atomic E-state index is 0.0337. The van der Waals surface area contributed by atoms with Crippen LogP contribution >= 0.6 is 0 Å². The summed E-state index contributed by atoms with van der Waals surface area (Å²) in [5, 5.41) is 3.07. The molecule has 2 aliphatic rings. The van der Waals surface area contributed by atoms with Gasteiger partial charge in [-0.25, -0.2) is 9.97 Å². The van der Waals surface area contributed by atoms with Crippen LogP contribution in [0.1, 0.15) is 48.0 Å². The van der Waals surface area contributed by atoms with Gasteiger partial charge in [0, 0.05) is 43.4 Å². The third-order valence-electron chi connectivity index (χ3n) is 6.01. The van der Waals surface area contributed by atoms with Gasteiger partial charge in [-0.15, -0.1) is 0 Å². The minimum Gasteiger partial charge on any atom is -0.351 e. The molecule has 0 radical (unpaired) electrons. The molecule has 0 unspecified atom stereocenters. The number of fused-ring (bicyclic) bond motifs is 1. The Balaban J connectivity index is 1.49. The van der Waals surface area contributed by atoms with Crippen LogP contribution in [0.3, 0.4) is 0 Å². The summed E-state index contributed by atoms with van der Waals surface area (Å²) in [5.41, 5.74) is 1.59. The molecule has 1 aliphatic heterocycles. The molecule has 6 nitrogen and oxygen atoms in total. The fourth-order valence-electron chi connectivity index (χ4n) is 4.62. The lowest BCUT2D eigenvalue weighted by Crippen LogP contribution is -2.55. The zero-order valence-electron chi connectivity index (χ0n) is 15.3. The molecule has 2 amide bonds. The standard InChI is InChI=1S/C21H24N4O2/c26-19-8-10-21(14-24-20(27)17-11-22-15-23-12-17)9-4-7-18(21)25(19)13-16-5-2-1-3-6-16/h1-3,5-6,11-12,15,18H,4,7-10,13-14H2,(H,24,27)/t18-,21+/m1/s1. The second-order valence-corrected chi connectivity index (χ2v) is 7.59. The van der Waals surface area contributed by atoms with Gasteiger partial charge in [0.05, 0.1) is 5.56 Å². The highest BCUT2D eigenvalue weighted by Crippen LogP contribution is 2.48. The molecular formula is C21H24N4O2. The normalized spacial score (nSPS) is 24.5. The molecule has 1 aromatic heterocycles. The summed E-state index contributed by atoms with van der Waals surface area (Å²) in [6.45, 7) is 1.23. The zero-order chi connectivity index (χ0) is 18.7. The Bertz CT molecular complexity index is 811. The van der Waals surface area contributed by atoms with E-state index in [0.717, 1.165) is 31.2 Å². The molecule has 2 atom stereocenters. The smallest absolute Gasteiger partial charge is 0.254 e. The fourth-order valence-corrected chi connectivity index (χ4v) is 4.62. The van der Waals surface area contributed by atoms with E-state index in [1.54, 1.807) is 0 Å². The molecule has 0 spiro atoms. The van der Waals surface area contributed by atoms with E-state index in [-0.39, 0.29) is 23.3 Å². The topological polar surface area (TPSA) is 75.2 Å². The van der Waals surface area contributed by atoms with Crippen LogP contribution in [0.5, 0.6) is 0 Å². The Morgan fingerprint density at radius 2 is 1.96 bits per heavy atom. The van der Waals surface area contributed by atoms with Crippen LogP contribution in [0.4, 0.5) is 0 Å². The van der Waals surface area contributed by atoms with Gasteiger partial charge < -0.3 is 10.2 Å². The predicted molar refractivity (Wildman–Crippen MR) is 101 cm³/mol. The molecule has 1 aromatic carbocycles. The first-order valence-electron chi connectivity index (χ1n) is 9.55. The lowest BCUT2D eigenvalue weighted by atomic mass is 9.74. The van der Waals surface area contributed by atoms with Gasteiger partial charge >= 0.3 is 0 Å². The summed E-state index contributed by atoms with van der Waals surface area (Å²) in [7, 11) is 0. The summed E-state index contributed by atoms with van der Waals surface area (Å²) < 4.78 is 0. The molecule has 1 aliphatic carbocycles. The Labute approximate surface area is 159 Å². The lowest BCUT2D eigenvalue weighted by molar-refractivity contribution is -0.142. The van der Waals surface area contributed by atoms with E-state index in [4.69, 9.17) is 0 Å². The number of carbonyl (C=O) groups is 2. The first-order chi connectivity index (χ1) is 13.2. The van der Waals surface area contributed by atoms with Gasteiger partial charge in [0.15, 0.2) is 0 Å². The van der Waals surface area contributed by atoms with Gasteiger partial charge in [0.1, 0.15) is 6.33 Å². The van der Waals surface area contributed by atoms with Crippen molar-refractivity contribution >= 4 is 11.8 Å². The van der Waals surface area contributed by atoms with Crippen LogP contribution in [0.2, 0.25) is 0 Å². The molecule has 1 saturated heterocycles. The molecule has 2 aromatic rings. The van der Waals surface area contributed by atoms with Gasteiger partial charge in [-0.1, -0.05) is 36.8 Å². The van der Waals surface area contributed by atoms with Gasteiger partial charge in [0.25, 0.3) is 5.91 Å². The Morgan fingerprint density at radius 1 is 1.19 bits per heavy atom. The molecule has 1 N–H and O–H groups in total. The Morgan fingerprint density at radius 3 is 2.74 bits per heavy atom. The van der Waals surface area contributed by atoms with Gasteiger partial charge in [-0.05, 0) is 24.8 Å². The van der Waals surface area contributed by atoms with Crippen molar-refractivity contribution in [2.24, 2.45) is 5.41 Å². The Hall–Kier alpha value is -2.76. The molecule has 27 heavy (non-hydrogen) atoms. The number of piperidine rings is 1. The van der Waals surface area contributed by atoms with Crippen LogP contribution in [-0.4, -0.2) is 39.3 Å². The van der Waals surface area contributed by atoms with E-state index in [1.807, 2.05) is 23.1 Å². The van der Waals surface area contributed by atoms with E-state index in [2.05, 4.69) is 27.4 Å². The molecule has 6 heteroatoms. The van der Waals surface area contributed by atoms with Crippen molar-refractivity contribution in [1.29, 1.82) is 0 Å². The van der Waals surface area contributed by atoms with Crippen LogP contribution in [0.15, 0.2) is 49.1 Å². The first kappa shape index (κ1) is 17.6. The highest BCUT2D eigenvalue weighted by molar-refractivity contribution is 5.93. The SMILES string of the molecule is O=C(NC[C@@]12CCC[C@H]1N(Cc1ccccc1)C(=O)CC2)c1cncnc1. The highest BCUT2D eigenvalue weighted by Gasteiger charge is 2.50. The van der Waals surface area contributed by atoms with Gasteiger partial charge in [-0.2, -0.15) is 0 Å². The van der Waals surface area contributed by atoms with Gasteiger partial charge in [0.2, 0.25) is 5.91 Å². The summed E-state index contributed by atoms with van der Waals surface area (Å²) in [6.07, 6.45) is 8.99. The average Bonchev–Trinajstić information content (AvgIpc) is 3.14. The maximum absolute atomic E-state index is 12.7. The number of rotatable bonds is 5. The Kier molecular flexibility index (Phi) is 4.88. The molecule has 2 heterocycles. The number of hydrogen-bond acceptors (Lipinski definition) is 4. The number of likely N-dealkylation sites (tertiary alicyclic amines) is 1. The minimum atomic E-state index is -0.151. The molecule has 140 valence electrons. The lowest BCUT2D eigenvalue weighted by Gasteiger charge is -2.46. The molecule has 1 saturated carbocycles. The highest BCUT2D eigenvalue weighted by atomic mass is 16.2. The van der Waals surface area contributed by atoms with Crippen LogP contribution < -0.4 is 5.32 Å². The number of amides is 2. The quantitative estimate of drug-likeness (QED) is 0.885. The van der Waals surface area contributed by atoms with Crippen molar-refractivity contribution in [2.45, 2.75) is 44.7 Å². The van der Waals surface area contributed by atoms with Crippen molar-refractivity contribution in [1.82, 2.24) is 20.2 Å². The monoisotopic (exact) mass is 364 g/mol. The van der Waals surface area contributed by atoms with E-state index in [1.165, 1.54) is 18.7 Å². The van der Waals surface area contributed by atoms with Crippen LogP contribution in [0.25, 0.3) is 0 Å². The van der Waals surface area contributed by atoms with E-state index in [0.29, 0.717) is 25.1 Å². The third kappa shape index (κ3) is 3.56. The maximum atomic E-state index is 12.7. The second-order valence-electron chi connectivity index (χ2n) is 7.59. The third-order valence-corrected chi connectivity index (χ3v) is 6.01. The number of carbonyl (C=O) groups excluding carboxylic acids is 2. The average molecular weight is 364 g/mol. The summed E-state index contributed by atoms with van der Waals surface area (Å²) >= 11 is 0. The number of nitrogens with zero attached hydrogens (tertiary/aromatic N) is 3. The van der Waals surface area contributed by atoms with Crippen LogP contribution in [-0.2, 0) is 11.3 Å². The number of aromatic nitrogens is 2. The number of nitrogens with one attached hydrogen (secondary N) is 1. The zero-order valence-corrected chi connectivity index (χ0v) is 15.3.